The number of ether oxygens (including phenoxy) is 2. The molecule has 0 bridgehead atoms. The zero-order valence-electron chi connectivity index (χ0n) is 11.5. The Hall–Kier alpha value is -0.750. The zero-order chi connectivity index (χ0) is 14.8. The molecule has 1 aliphatic heterocycles. The molecule has 1 N–H and O–H groups in total. The van der Waals surface area contributed by atoms with Crippen molar-refractivity contribution < 1.29 is 9.47 Å². The van der Waals surface area contributed by atoms with E-state index >= 15 is 0 Å². The average molecular weight is 389 g/mol. The van der Waals surface area contributed by atoms with Crippen molar-refractivity contribution in [3.05, 3.63) is 43.5 Å². The van der Waals surface area contributed by atoms with Gasteiger partial charge in [0.25, 0.3) is 0 Å². The lowest BCUT2D eigenvalue weighted by atomic mass is 10.0. The zero-order valence-corrected chi connectivity index (χ0v) is 14.6. The summed E-state index contributed by atoms with van der Waals surface area (Å²) in [5.74, 6) is 1.48. The van der Waals surface area contributed by atoms with Gasteiger partial charge >= 0.3 is 0 Å². The van der Waals surface area contributed by atoms with Gasteiger partial charge in [-0.05, 0) is 45.6 Å². The SMILES string of the molecule is CCNC(c1cc2c(cc1Cl)OCCO2)c1sccc1Br. The van der Waals surface area contributed by atoms with E-state index in [2.05, 4.69) is 39.6 Å². The van der Waals surface area contributed by atoms with E-state index in [1.54, 1.807) is 11.3 Å². The molecule has 0 aliphatic carbocycles. The number of benzene rings is 1. The lowest BCUT2D eigenvalue weighted by molar-refractivity contribution is 0.171. The van der Waals surface area contributed by atoms with Gasteiger partial charge in [0.2, 0.25) is 0 Å². The smallest absolute Gasteiger partial charge is 0.162 e. The van der Waals surface area contributed by atoms with Crippen LogP contribution in [-0.2, 0) is 0 Å². The first-order chi connectivity index (χ1) is 10.2. The molecule has 0 amide bonds. The van der Waals surface area contributed by atoms with E-state index in [-0.39, 0.29) is 6.04 Å². The summed E-state index contributed by atoms with van der Waals surface area (Å²) >= 11 is 11.8. The van der Waals surface area contributed by atoms with E-state index in [9.17, 15) is 0 Å². The summed E-state index contributed by atoms with van der Waals surface area (Å²) in [4.78, 5) is 1.20. The summed E-state index contributed by atoms with van der Waals surface area (Å²) in [6, 6.07) is 5.91. The highest BCUT2D eigenvalue weighted by Crippen LogP contribution is 2.41. The average Bonchev–Trinajstić information content (AvgIpc) is 2.90. The van der Waals surface area contributed by atoms with E-state index in [1.807, 2.05) is 12.1 Å². The Kier molecular flexibility index (Phi) is 4.74. The van der Waals surface area contributed by atoms with Gasteiger partial charge in [0.05, 0.1) is 6.04 Å². The predicted molar refractivity (Wildman–Crippen MR) is 90.0 cm³/mol. The first-order valence-electron chi connectivity index (χ1n) is 6.76. The topological polar surface area (TPSA) is 30.5 Å². The summed E-state index contributed by atoms with van der Waals surface area (Å²) in [6.45, 7) is 4.07. The van der Waals surface area contributed by atoms with Crippen LogP contribution in [0.3, 0.4) is 0 Å². The first kappa shape index (κ1) is 15.2. The number of halogens is 2. The molecule has 0 fully saturated rings. The van der Waals surface area contributed by atoms with Crippen molar-refractivity contribution in [2.75, 3.05) is 19.8 Å². The second-order valence-corrected chi connectivity index (χ2v) is 6.85. The second-order valence-electron chi connectivity index (χ2n) is 4.64. The number of fused-ring (bicyclic) bond motifs is 1. The Morgan fingerprint density at radius 2 is 2.05 bits per heavy atom. The van der Waals surface area contributed by atoms with Gasteiger partial charge in [0.15, 0.2) is 11.5 Å². The van der Waals surface area contributed by atoms with Crippen LogP contribution in [0.15, 0.2) is 28.1 Å². The summed E-state index contributed by atoms with van der Waals surface area (Å²) in [5.41, 5.74) is 1.01. The third-order valence-corrected chi connectivity index (χ3v) is 5.55. The molecule has 21 heavy (non-hydrogen) atoms. The van der Waals surface area contributed by atoms with E-state index in [0.717, 1.165) is 28.1 Å². The van der Waals surface area contributed by atoms with Gasteiger partial charge in [-0.25, -0.2) is 0 Å². The molecule has 0 radical (unpaired) electrons. The highest BCUT2D eigenvalue weighted by molar-refractivity contribution is 9.10. The summed E-state index contributed by atoms with van der Waals surface area (Å²) < 4.78 is 12.3. The molecule has 0 saturated carbocycles. The van der Waals surface area contributed by atoms with Crippen LogP contribution in [0.2, 0.25) is 5.02 Å². The minimum atomic E-state index is 0.0349. The van der Waals surface area contributed by atoms with Crippen molar-refractivity contribution in [3.8, 4) is 11.5 Å². The molecule has 2 heterocycles. The number of rotatable bonds is 4. The van der Waals surface area contributed by atoms with Gasteiger partial charge < -0.3 is 14.8 Å². The summed E-state index contributed by atoms with van der Waals surface area (Å²) in [7, 11) is 0. The van der Waals surface area contributed by atoms with E-state index < -0.39 is 0 Å². The van der Waals surface area contributed by atoms with E-state index in [0.29, 0.717) is 18.2 Å². The molecule has 1 aromatic heterocycles. The highest BCUT2D eigenvalue weighted by Gasteiger charge is 2.23. The van der Waals surface area contributed by atoms with Crippen LogP contribution in [0, 0.1) is 0 Å². The fourth-order valence-electron chi connectivity index (χ4n) is 2.36. The van der Waals surface area contributed by atoms with Crippen LogP contribution < -0.4 is 14.8 Å². The van der Waals surface area contributed by atoms with Crippen molar-refractivity contribution in [2.45, 2.75) is 13.0 Å². The van der Waals surface area contributed by atoms with Crippen molar-refractivity contribution in [1.29, 1.82) is 0 Å². The van der Waals surface area contributed by atoms with Crippen molar-refractivity contribution >= 4 is 38.9 Å². The maximum Gasteiger partial charge on any atom is 0.162 e. The predicted octanol–water partition coefficient (Wildman–Crippen LogP) is 4.63. The van der Waals surface area contributed by atoms with Crippen LogP contribution >= 0.6 is 38.9 Å². The van der Waals surface area contributed by atoms with Crippen LogP contribution in [0.4, 0.5) is 0 Å². The molecule has 3 rings (SSSR count). The third-order valence-electron chi connectivity index (χ3n) is 3.29. The molecule has 0 spiro atoms. The minimum absolute atomic E-state index is 0.0349. The van der Waals surface area contributed by atoms with Crippen LogP contribution in [0.5, 0.6) is 11.5 Å². The molecule has 1 aliphatic rings. The summed E-state index contributed by atoms with van der Waals surface area (Å²) in [6.07, 6.45) is 0. The maximum atomic E-state index is 6.47. The van der Waals surface area contributed by atoms with Crippen molar-refractivity contribution in [1.82, 2.24) is 5.32 Å². The van der Waals surface area contributed by atoms with Gasteiger partial charge in [0, 0.05) is 20.4 Å². The van der Waals surface area contributed by atoms with Crippen LogP contribution in [0.1, 0.15) is 23.4 Å². The fourth-order valence-corrected chi connectivity index (χ4v) is 4.32. The fraction of sp³-hybridized carbons (Fsp3) is 0.333. The molecule has 1 atom stereocenters. The standard InChI is InChI=1S/C15H15BrClNO2S/c1-2-18-14(15-10(16)3-6-21-15)9-7-12-13(8-11(9)17)20-5-4-19-12/h3,6-8,14,18H,2,4-5H2,1H3. The van der Waals surface area contributed by atoms with Gasteiger partial charge in [0.1, 0.15) is 13.2 Å². The van der Waals surface area contributed by atoms with Crippen LogP contribution in [-0.4, -0.2) is 19.8 Å². The first-order valence-corrected chi connectivity index (χ1v) is 8.81. The lowest BCUT2D eigenvalue weighted by Crippen LogP contribution is -2.22. The molecule has 1 aromatic carbocycles. The molecule has 2 aromatic rings. The Morgan fingerprint density at radius 3 is 2.67 bits per heavy atom. The van der Waals surface area contributed by atoms with Gasteiger partial charge in [-0.15, -0.1) is 11.3 Å². The van der Waals surface area contributed by atoms with E-state index in [1.165, 1.54) is 4.88 Å². The van der Waals surface area contributed by atoms with E-state index in [4.69, 9.17) is 21.1 Å². The lowest BCUT2D eigenvalue weighted by Gasteiger charge is -2.23. The number of nitrogens with one attached hydrogen (secondary N) is 1. The van der Waals surface area contributed by atoms with Crippen molar-refractivity contribution in [3.63, 3.8) is 0 Å². The quantitative estimate of drug-likeness (QED) is 0.828. The highest BCUT2D eigenvalue weighted by atomic mass is 79.9. The van der Waals surface area contributed by atoms with Gasteiger partial charge in [-0.2, -0.15) is 0 Å². The van der Waals surface area contributed by atoms with Gasteiger partial charge in [-0.1, -0.05) is 18.5 Å². The largest absolute Gasteiger partial charge is 0.486 e. The summed E-state index contributed by atoms with van der Waals surface area (Å²) in [5, 5.41) is 6.24. The number of hydrogen-bond donors (Lipinski definition) is 1. The molecule has 6 heteroatoms. The molecule has 1 unspecified atom stereocenters. The molecule has 0 saturated heterocycles. The number of thiophene rings is 1. The monoisotopic (exact) mass is 387 g/mol. The minimum Gasteiger partial charge on any atom is -0.486 e. The Bertz CT molecular complexity index is 647. The van der Waals surface area contributed by atoms with Crippen molar-refractivity contribution in [2.24, 2.45) is 0 Å². The molecule has 112 valence electrons. The van der Waals surface area contributed by atoms with Gasteiger partial charge in [-0.3, -0.25) is 0 Å². The normalized spacial score (nSPS) is 15.0. The molecular weight excluding hydrogens is 374 g/mol. The number of hydrogen-bond acceptors (Lipinski definition) is 4. The molecule has 3 nitrogen and oxygen atoms in total. The third kappa shape index (κ3) is 3.06. The Labute approximate surface area is 141 Å². The molecular formula is C15H15BrClNO2S. The van der Waals surface area contributed by atoms with Crippen LogP contribution in [0.25, 0.3) is 0 Å². The Balaban J connectivity index is 2.05. The maximum absolute atomic E-state index is 6.47. The second kappa shape index (κ2) is 6.57. The Morgan fingerprint density at radius 1 is 1.33 bits per heavy atom.